The van der Waals surface area contributed by atoms with Crippen LogP contribution in [0.25, 0.3) is 0 Å². The molecule has 2 amide bonds. The van der Waals surface area contributed by atoms with Crippen LogP contribution in [0.1, 0.15) is 94.0 Å². The first kappa shape index (κ1) is 26.0. The molecule has 196 valence electrons. The number of methoxy groups -OCH3 is 1. The first-order valence-electron chi connectivity index (χ1n) is 13.3. The predicted octanol–water partition coefficient (Wildman–Crippen LogP) is 5.76. The fourth-order valence-electron chi connectivity index (χ4n) is 5.38. The van der Waals surface area contributed by atoms with Crippen molar-refractivity contribution in [3.63, 3.8) is 0 Å². The minimum absolute atomic E-state index is 0.00960. The van der Waals surface area contributed by atoms with E-state index in [1.807, 2.05) is 35.2 Å². The van der Waals surface area contributed by atoms with Gasteiger partial charge in [-0.25, -0.2) is 4.98 Å². The molecule has 0 bridgehead atoms. The summed E-state index contributed by atoms with van der Waals surface area (Å²) in [5, 5.41) is 5.36. The number of thiazole rings is 1. The second-order valence-corrected chi connectivity index (χ2v) is 10.9. The number of terminal acetylenes is 1. The van der Waals surface area contributed by atoms with Crippen molar-refractivity contribution >= 4 is 23.2 Å². The van der Waals surface area contributed by atoms with Crippen molar-refractivity contribution in [1.82, 2.24) is 15.2 Å². The van der Waals surface area contributed by atoms with E-state index in [1.165, 1.54) is 23.3 Å². The molecule has 7 heteroatoms. The molecule has 1 aliphatic carbocycles. The van der Waals surface area contributed by atoms with Gasteiger partial charge in [-0.05, 0) is 79.0 Å². The van der Waals surface area contributed by atoms with Crippen molar-refractivity contribution in [2.75, 3.05) is 7.11 Å². The number of carbonyl (C=O) groups is 2. The van der Waals surface area contributed by atoms with Gasteiger partial charge in [-0.15, -0.1) is 17.8 Å². The van der Waals surface area contributed by atoms with Crippen LogP contribution in [-0.2, 0) is 6.42 Å². The van der Waals surface area contributed by atoms with E-state index in [2.05, 4.69) is 35.3 Å². The summed E-state index contributed by atoms with van der Waals surface area (Å²) in [4.78, 5) is 33.2. The third-order valence-electron chi connectivity index (χ3n) is 7.67. The van der Waals surface area contributed by atoms with E-state index in [9.17, 15) is 9.59 Å². The number of benzene rings is 2. The van der Waals surface area contributed by atoms with Gasteiger partial charge in [0.2, 0.25) is 0 Å². The lowest BCUT2D eigenvalue weighted by atomic mass is 9.82. The van der Waals surface area contributed by atoms with Crippen LogP contribution in [0.4, 0.5) is 0 Å². The number of carbonyl (C=O) groups excluding carboxylic acids is 2. The van der Waals surface area contributed by atoms with Crippen LogP contribution in [0, 0.1) is 12.3 Å². The molecule has 0 spiro atoms. The predicted molar refractivity (Wildman–Crippen MR) is 150 cm³/mol. The highest BCUT2D eigenvalue weighted by atomic mass is 32.1. The fourth-order valence-corrected chi connectivity index (χ4v) is 5.97. The van der Waals surface area contributed by atoms with Crippen molar-refractivity contribution in [3.8, 4) is 18.1 Å². The number of unbranched alkanes of at least 4 members (excludes halogenated alkanes) is 1. The van der Waals surface area contributed by atoms with E-state index in [0.29, 0.717) is 16.3 Å². The number of fused-ring (bicyclic) bond motifs is 1. The van der Waals surface area contributed by atoms with Crippen molar-refractivity contribution in [2.45, 2.75) is 70.0 Å². The van der Waals surface area contributed by atoms with Crippen LogP contribution in [-0.4, -0.2) is 40.9 Å². The highest BCUT2D eigenvalue weighted by Crippen LogP contribution is 2.41. The molecule has 2 aliphatic rings. The second-order valence-electron chi connectivity index (χ2n) is 10.1. The van der Waals surface area contributed by atoms with Crippen LogP contribution in [0.2, 0.25) is 0 Å². The standard InChI is InChI=1S/C31H33N3O3S/c1-4-6-10-24-17-22-18-25(37-3)15-16-26(22)29(34(24)31(36)27-19-38-28(5-2)33-27)20-11-13-21(14-12-20)30(35)32-23-8-7-9-23/h2,11-16,18-19,23-24,29H,4,6-10,17H2,1,3H3,(H,32,35)/t24-,29-/m0/s1. The lowest BCUT2D eigenvalue weighted by Crippen LogP contribution is -2.48. The van der Waals surface area contributed by atoms with Gasteiger partial charge in [-0.1, -0.05) is 38.0 Å². The van der Waals surface area contributed by atoms with Gasteiger partial charge < -0.3 is 15.0 Å². The molecular formula is C31H33N3O3S. The second kappa shape index (κ2) is 11.4. The Morgan fingerprint density at radius 3 is 2.63 bits per heavy atom. The molecule has 0 radical (unpaired) electrons. The van der Waals surface area contributed by atoms with Crippen LogP contribution >= 0.6 is 11.3 Å². The van der Waals surface area contributed by atoms with Crippen molar-refractivity contribution in [1.29, 1.82) is 0 Å². The molecule has 1 N–H and O–H groups in total. The van der Waals surface area contributed by atoms with Crippen LogP contribution in [0.3, 0.4) is 0 Å². The zero-order valence-electron chi connectivity index (χ0n) is 21.9. The van der Waals surface area contributed by atoms with Crippen molar-refractivity contribution in [3.05, 3.63) is 80.8 Å². The Labute approximate surface area is 228 Å². The summed E-state index contributed by atoms with van der Waals surface area (Å²) in [6.45, 7) is 2.16. The number of hydrogen-bond acceptors (Lipinski definition) is 5. The molecular weight excluding hydrogens is 494 g/mol. The minimum Gasteiger partial charge on any atom is -0.497 e. The van der Waals surface area contributed by atoms with Crippen LogP contribution in [0.15, 0.2) is 47.8 Å². The van der Waals surface area contributed by atoms with Crippen molar-refractivity contribution < 1.29 is 14.3 Å². The molecule has 2 heterocycles. The van der Waals surface area contributed by atoms with Crippen LogP contribution in [0.5, 0.6) is 5.75 Å². The molecule has 2 atom stereocenters. The molecule has 1 aromatic heterocycles. The van der Waals surface area contributed by atoms with Gasteiger partial charge in [-0.2, -0.15) is 0 Å². The Morgan fingerprint density at radius 1 is 1.21 bits per heavy atom. The summed E-state index contributed by atoms with van der Waals surface area (Å²) in [5.41, 5.74) is 4.20. The maximum absolute atomic E-state index is 14.1. The third kappa shape index (κ3) is 5.19. The molecule has 1 fully saturated rings. The Bertz CT molecular complexity index is 1350. The third-order valence-corrected chi connectivity index (χ3v) is 8.45. The largest absolute Gasteiger partial charge is 0.497 e. The molecule has 6 nitrogen and oxygen atoms in total. The summed E-state index contributed by atoms with van der Waals surface area (Å²) in [5.74, 6) is 3.18. The number of ether oxygens (including phenoxy) is 1. The average molecular weight is 528 g/mol. The van der Waals surface area contributed by atoms with Gasteiger partial charge in [0.15, 0.2) is 5.01 Å². The number of nitrogens with zero attached hydrogens (tertiary/aromatic N) is 2. The topological polar surface area (TPSA) is 71.5 Å². The summed E-state index contributed by atoms with van der Waals surface area (Å²) >= 11 is 1.31. The van der Waals surface area contributed by atoms with Crippen LogP contribution < -0.4 is 10.1 Å². The van der Waals surface area contributed by atoms with Gasteiger partial charge in [0.1, 0.15) is 11.4 Å². The molecule has 1 aliphatic heterocycles. The highest BCUT2D eigenvalue weighted by molar-refractivity contribution is 7.10. The lowest BCUT2D eigenvalue weighted by molar-refractivity contribution is 0.0560. The first-order chi connectivity index (χ1) is 18.5. The minimum atomic E-state index is -0.321. The maximum atomic E-state index is 14.1. The first-order valence-corrected chi connectivity index (χ1v) is 14.2. The zero-order valence-corrected chi connectivity index (χ0v) is 22.7. The number of nitrogens with one attached hydrogen (secondary N) is 1. The molecule has 5 rings (SSSR count). The van der Waals surface area contributed by atoms with Gasteiger partial charge in [0.05, 0.1) is 13.2 Å². The maximum Gasteiger partial charge on any atom is 0.274 e. The van der Waals surface area contributed by atoms with Gasteiger partial charge in [0, 0.05) is 23.0 Å². The Morgan fingerprint density at radius 2 is 2.00 bits per heavy atom. The van der Waals surface area contributed by atoms with E-state index in [1.54, 1.807) is 12.5 Å². The number of rotatable bonds is 8. The normalized spacial score (nSPS) is 18.7. The zero-order chi connectivity index (χ0) is 26.6. The molecule has 0 saturated heterocycles. The SMILES string of the molecule is C#Cc1nc(C(=O)N2[C@@H](CCCC)Cc3cc(OC)ccc3[C@@H]2c2ccc(C(=O)NC3CCC3)cc2)cs1. The summed E-state index contributed by atoms with van der Waals surface area (Å²) < 4.78 is 5.53. The Kier molecular flexibility index (Phi) is 7.80. The van der Waals surface area contributed by atoms with Crippen molar-refractivity contribution in [2.24, 2.45) is 0 Å². The van der Waals surface area contributed by atoms with E-state index >= 15 is 0 Å². The molecule has 3 aromatic rings. The lowest BCUT2D eigenvalue weighted by Gasteiger charge is -2.43. The Hall–Kier alpha value is -3.63. The fraction of sp³-hybridized carbons (Fsp3) is 0.387. The summed E-state index contributed by atoms with van der Waals surface area (Å²) in [6.07, 6.45) is 12.5. The monoisotopic (exact) mass is 527 g/mol. The highest BCUT2D eigenvalue weighted by Gasteiger charge is 2.39. The molecule has 38 heavy (non-hydrogen) atoms. The van der Waals surface area contributed by atoms with E-state index < -0.39 is 0 Å². The molecule has 1 saturated carbocycles. The molecule has 2 aromatic carbocycles. The van der Waals surface area contributed by atoms with E-state index in [0.717, 1.165) is 55.4 Å². The van der Waals surface area contributed by atoms with Gasteiger partial charge in [-0.3, -0.25) is 9.59 Å². The summed E-state index contributed by atoms with van der Waals surface area (Å²) in [7, 11) is 1.67. The number of aromatic nitrogens is 1. The quantitative estimate of drug-likeness (QED) is 0.378. The van der Waals surface area contributed by atoms with E-state index in [-0.39, 0.29) is 29.9 Å². The van der Waals surface area contributed by atoms with Gasteiger partial charge in [0.25, 0.3) is 11.8 Å². The van der Waals surface area contributed by atoms with Gasteiger partial charge >= 0.3 is 0 Å². The number of amides is 2. The molecule has 0 unspecified atom stereocenters. The number of hydrogen-bond donors (Lipinski definition) is 1. The Balaban J connectivity index is 1.56. The summed E-state index contributed by atoms with van der Waals surface area (Å²) in [6, 6.07) is 13.7. The smallest absolute Gasteiger partial charge is 0.274 e. The average Bonchev–Trinajstić information content (AvgIpc) is 3.42. The van der Waals surface area contributed by atoms with E-state index in [4.69, 9.17) is 11.2 Å².